The van der Waals surface area contributed by atoms with Crippen molar-refractivity contribution in [3.05, 3.63) is 24.0 Å². The number of nitrogens with one attached hydrogen (secondary N) is 1. The summed E-state index contributed by atoms with van der Waals surface area (Å²) in [5, 5.41) is 0. The van der Waals surface area contributed by atoms with Crippen molar-refractivity contribution in [2.75, 3.05) is 13.2 Å². The minimum atomic E-state index is -3.61. The smallest absolute Gasteiger partial charge is 0.242 e. The quantitative estimate of drug-likeness (QED) is 0.834. The minimum Gasteiger partial charge on any atom is -0.381 e. The van der Waals surface area contributed by atoms with Crippen molar-refractivity contribution in [1.82, 2.24) is 9.71 Å². The largest absolute Gasteiger partial charge is 0.381 e. The van der Waals surface area contributed by atoms with Crippen molar-refractivity contribution >= 4 is 10.0 Å². The van der Waals surface area contributed by atoms with Crippen LogP contribution in [0.2, 0.25) is 0 Å². The van der Waals surface area contributed by atoms with E-state index in [0.717, 1.165) is 0 Å². The van der Waals surface area contributed by atoms with Gasteiger partial charge in [0.2, 0.25) is 10.0 Å². The van der Waals surface area contributed by atoms with Gasteiger partial charge in [-0.05, 0) is 31.9 Å². The Labute approximate surface area is 113 Å². The summed E-state index contributed by atoms with van der Waals surface area (Å²) in [5.74, 6) is 0. The molecule has 0 unspecified atom stereocenters. The lowest BCUT2D eigenvalue weighted by atomic mass is 9.94. The first-order valence-electron chi connectivity index (χ1n) is 6.22. The second-order valence-electron chi connectivity index (χ2n) is 4.93. The van der Waals surface area contributed by atoms with Crippen LogP contribution in [0.4, 0.5) is 0 Å². The van der Waals surface area contributed by atoms with E-state index in [1.54, 1.807) is 6.07 Å². The fourth-order valence-electron chi connectivity index (χ4n) is 2.12. The van der Waals surface area contributed by atoms with Gasteiger partial charge in [-0.25, -0.2) is 13.1 Å². The second-order valence-corrected chi connectivity index (χ2v) is 6.58. The van der Waals surface area contributed by atoms with Crippen LogP contribution < -0.4 is 10.5 Å². The molecule has 0 radical (unpaired) electrons. The zero-order valence-corrected chi connectivity index (χ0v) is 11.7. The molecule has 0 aromatic carbocycles. The Balaban J connectivity index is 2.27. The average molecular weight is 285 g/mol. The molecule has 7 heteroatoms. The highest BCUT2D eigenvalue weighted by molar-refractivity contribution is 7.89. The molecule has 0 saturated carbocycles. The van der Waals surface area contributed by atoms with E-state index in [0.29, 0.717) is 31.7 Å². The van der Waals surface area contributed by atoms with Gasteiger partial charge in [-0.2, -0.15) is 0 Å². The molecule has 1 saturated heterocycles. The van der Waals surface area contributed by atoms with Crippen LogP contribution in [0.1, 0.15) is 25.5 Å². The van der Waals surface area contributed by atoms with E-state index in [2.05, 4.69) is 9.71 Å². The number of rotatable bonds is 4. The third-order valence-electron chi connectivity index (χ3n) is 3.31. The van der Waals surface area contributed by atoms with Gasteiger partial charge in [0.15, 0.2) is 0 Å². The van der Waals surface area contributed by atoms with Crippen LogP contribution >= 0.6 is 0 Å². The highest BCUT2D eigenvalue weighted by atomic mass is 32.2. The van der Waals surface area contributed by atoms with E-state index in [-0.39, 0.29) is 11.4 Å². The van der Waals surface area contributed by atoms with Gasteiger partial charge in [-0.1, -0.05) is 0 Å². The van der Waals surface area contributed by atoms with Gasteiger partial charge in [0.05, 0.1) is 5.69 Å². The van der Waals surface area contributed by atoms with Crippen LogP contribution in [0, 0.1) is 0 Å². The molecule has 1 aromatic heterocycles. The van der Waals surface area contributed by atoms with Crippen LogP contribution in [-0.2, 0) is 21.3 Å². The molecule has 6 nitrogen and oxygen atoms in total. The van der Waals surface area contributed by atoms with Crippen LogP contribution in [0.3, 0.4) is 0 Å². The summed E-state index contributed by atoms with van der Waals surface area (Å²) >= 11 is 0. The van der Waals surface area contributed by atoms with Crippen molar-refractivity contribution in [2.24, 2.45) is 5.73 Å². The summed E-state index contributed by atoms with van der Waals surface area (Å²) in [6.07, 6.45) is 2.85. The first kappa shape index (κ1) is 14.4. The Kier molecular flexibility index (Phi) is 4.19. The highest BCUT2D eigenvalue weighted by Crippen LogP contribution is 2.23. The summed E-state index contributed by atoms with van der Waals surface area (Å²) in [5.41, 5.74) is 5.45. The zero-order valence-electron chi connectivity index (χ0n) is 10.9. The normalized spacial score (nSPS) is 19.3. The van der Waals surface area contributed by atoms with E-state index in [4.69, 9.17) is 10.5 Å². The third kappa shape index (κ3) is 3.30. The van der Waals surface area contributed by atoms with Gasteiger partial charge in [0.25, 0.3) is 0 Å². The Morgan fingerprint density at radius 1 is 1.47 bits per heavy atom. The van der Waals surface area contributed by atoms with Crippen LogP contribution in [0.15, 0.2) is 23.2 Å². The molecule has 0 amide bonds. The monoisotopic (exact) mass is 285 g/mol. The second kappa shape index (κ2) is 5.54. The maximum absolute atomic E-state index is 12.4. The van der Waals surface area contributed by atoms with Crippen LogP contribution in [-0.4, -0.2) is 32.2 Å². The molecule has 2 heterocycles. The van der Waals surface area contributed by atoms with Crippen molar-refractivity contribution < 1.29 is 13.2 Å². The van der Waals surface area contributed by atoms with E-state index >= 15 is 0 Å². The predicted molar refractivity (Wildman–Crippen MR) is 70.9 cm³/mol. The SMILES string of the molecule is CC1(NS(=O)(=O)c2cccnc2CN)CCOCC1. The summed E-state index contributed by atoms with van der Waals surface area (Å²) in [4.78, 5) is 4.17. The number of nitrogens with zero attached hydrogens (tertiary/aromatic N) is 1. The molecular formula is C12H19N3O3S. The Morgan fingerprint density at radius 3 is 2.79 bits per heavy atom. The maximum Gasteiger partial charge on any atom is 0.242 e. The third-order valence-corrected chi connectivity index (χ3v) is 5.02. The fraction of sp³-hybridized carbons (Fsp3) is 0.583. The maximum atomic E-state index is 12.4. The number of nitrogens with two attached hydrogens (primary N) is 1. The minimum absolute atomic E-state index is 0.0942. The first-order valence-corrected chi connectivity index (χ1v) is 7.71. The molecule has 0 atom stereocenters. The number of hydrogen-bond acceptors (Lipinski definition) is 5. The van der Waals surface area contributed by atoms with Crippen molar-refractivity contribution in [3.8, 4) is 0 Å². The molecule has 1 aliphatic rings. The summed E-state index contributed by atoms with van der Waals surface area (Å²) < 4.78 is 32.9. The number of ether oxygens (including phenoxy) is 1. The van der Waals surface area contributed by atoms with Crippen molar-refractivity contribution in [2.45, 2.75) is 36.7 Å². The van der Waals surface area contributed by atoms with Gasteiger partial charge < -0.3 is 10.5 Å². The van der Waals surface area contributed by atoms with E-state index in [9.17, 15) is 8.42 Å². The lowest BCUT2D eigenvalue weighted by Gasteiger charge is -2.34. The highest BCUT2D eigenvalue weighted by Gasteiger charge is 2.33. The zero-order chi connectivity index (χ0) is 13.9. The molecular weight excluding hydrogens is 266 g/mol. The summed E-state index contributed by atoms with van der Waals surface area (Å²) in [7, 11) is -3.61. The molecule has 3 N–H and O–H groups in total. The molecule has 106 valence electrons. The van der Waals surface area contributed by atoms with E-state index < -0.39 is 15.6 Å². The summed E-state index contributed by atoms with van der Waals surface area (Å²) in [6.45, 7) is 3.12. The number of hydrogen-bond donors (Lipinski definition) is 2. The van der Waals surface area contributed by atoms with Gasteiger partial charge in [0.1, 0.15) is 4.90 Å². The molecule has 19 heavy (non-hydrogen) atoms. The van der Waals surface area contributed by atoms with Gasteiger partial charge >= 0.3 is 0 Å². The van der Waals surface area contributed by atoms with E-state index in [1.807, 2.05) is 6.92 Å². The number of pyridine rings is 1. The number of aromatic nitrogens is 1. The van der Waals surface area contributed by atoms with Crippen LogP contribution in [0.5, 0.6) is 0 Å². The number of sulfonamides is 1. The van der Waals surface area contributed by atoms with Gasteiger partial charge in [0, 0.05) is 31.5 Å². The average Bonchev–Trinajstić information content (AvgIpc) is 2.38. The molecule has 1 aliphatic heterocycles. The molecule has 0 aliphatic carbocycles. The Hall–Kier alpha value is -1.02. The standard InChI is InChI=1S/C12H19N3O3S/c1-12(4-7-18-8-5-12)15-19(16,17)11-3-2-6-14-10(11)9-13/h2-3,6,15H,4-5,7-9,13H2,1H3. The van der Waals surface area contributed by atoms with Crippen molar-refractivity contribution in [1.29, 1.82) is 0 Å². The lowest BCUT2D eigenvalue weighted by Crippen LogP contribution is -2.49. The van der Waals surface area contributed by atoms with Crippen LogP contribution in [0.25, 0.3) is 0 Å². The lowest BCUT2D eigenvalue weighted by molar-refractivity contribution is 0.0537. The first-order chi connectivity index (χ1) is 8.97. The predicted octanol–water partition coefficient (Wildman–Crippen LogP) is 0.388. The molecule has 0 bridgehead atoms. The Morgan fingerprint density at radius 2 is 2.16 bits per heavy atom. The molecule has 1 fully saturated rings. The van der Waals surface area contributed by atoms with E-state index in [1.165, 1.54) is 12.3 Å². The molecule has 2 rings (SSSR count). The van der Waals surface area contributed by atoms with Gasteiger partial charge in [-0.3, -0.25) is 4.98 Å². The molecule has 0 spiro atoms. The molecule has 1 aromatic rings. The summed E-state index contributed by atoms with van der Waals surface area (Å²) in [6, 6.07) is 3.13. The topological polar surface area (TPSA) is 94.3 Å². The van der Waals surface area contributed by atoms with Crippen molar-refractivity contribution in [3.63, 3.8) is 0 Å². The van der Waals surface area contributed by atoms with Gasteiger partial charge in [-0.15, -0.1) is 0 Å². The Bertz CT molecular complexity index is 539. The fourth-order valence-corrected chi connectivity index (χ4v) is 3.79.